The maximum Gasteiger partial charge on any atom is 0.225 e. The molecule has 1 saturated carbocycles. The van der Waals surface area contributed by atoms with Crippen molar-refractivity contribution >= 4 is 28.7 Å². The average molecular weight is 393 g/mol. The Morgan fingerprint density at radius 3 is 2.64 bits per heavy atom. The molecule has 7 nitrogen and oxygen atoms in total. The van der Waals surface area contributed by atoms with Crippen LogP contribution >= 0.6 is 11.6 Å². The molecule has 0 bridgehead atoms. The third-order valence-corrected chi connectivity index (χ3v) is 5.16. The van der Waals surface area contributed by atoms with Crippen molar-refractivity contribution in [2.75, 3.05) is 12.4 Å². The van der Waals surface area contributed by atoms with Gasteiger partial charge in [-0.15, -0.1) is 5.10 Å². The summed E-state index contributed by atoms with van der Waals surface area (Å²) in [4.78, 5) is 9.02. The zero-order valence-corrected chi connectivity index (χ0v) is 15.8. The molecule has 140 valence electrons. The first kappa shape index (κ1) is 16.9. The summed E-state index contributed by atoms with van der Waals surface area (Å²) >= 11 is 5.97. The van der Waals surface area contributed by atoms with Crippen LogP contribution < -0.4 is 10.1 Å². The lowest BCUT2D eigenvalue weighted by Gasteiger charge is -2.06. The van der Waals surface area contributed by atoms with Crippen LogP contribution in [0.1, 0.15) is 17.9 Å². The fourth-order valence-corrected chi connectivity index (χ4v) is 3.42. The molecule has 4 aromatic rings. The average Bonchev–Trinajstić information content (AvgIpc) is 3.36. The molecular weight excluding hydrogens is 376 g/mol. The monoisotopic (exact) mass is 392 g/mol. The van der Waals surface area contributed by atoms with Gasteiger partial charge in [0.15, 0.2) is 11.2 Å². The lowest BCUT2D eigenvalue weighted by atomic mass is 10.1. The van der Waals surface area contributed by atoms with Gasteiger partial charge in [-0.2, -0.15) is 9.67 Å². The largest absolute Gasteiger partial charge is 0.497 e. The number of benzene rings is 2. The molecule has 1 fully saturated rings. The van der Waals surface area contributed by atoms with E-state index >= 15 is 0 Å². The molecule has 2 aromatic heterocycles. The molecule has 0 amide bonds. The number of anilines is 1. The molecule has 1 N–H and O–H groups in total. The van der Waals surface area contributed by atoms with Gasteiger partial charge in [0.1, 0.15) is 5.75 Å². The molecule has 1 aliphatic rings. The Morgan fingerprint density at radius 1 is 1.11 bits per heavy atom. The first-order chi connectivity index (χ1) is 13.7. The minimum absolute atomic E-state index is 0.309. The number of hydrogen-bond donors (Lipinski definition) is 1. The highest BCUT2D eigenvalue weighted by Gasteiger charge is 2.38. The zero-order valence-electron chi connectivity index (χ0n) is 15.1. The van der Waals surface area contributed by atoms with Crippen molar-refractivity contribution in [1.82, 2.24) is 25.0 Å². The van der Waals surface area contributed by atoms with Crippen LogP contribution in [0.2, 0.25) is 5.02 Å². The van der Waals surface area contributed by atoms with Crippen LogP contribution in [0.5, 0.6) is 5.75 Å². The minimum atomic E-state index is 0.309. The molecule has 2 heterocycles. The second-order valence-electron chi connectivity index (χ2n) is 6.75. The Morgan fingerprint density at radius 2 is 1.89 bits per heavy atom. The number of aromatic nitrogens is 5. The Labute approximate surface area is 166 Å². The predicted octanol–water partition coefficient (Wildman–Crippen LogP) is 3.84. The maximum atomic E-state index is 5.97. The Bertz CT molecular complexity index is 1130. The summed E-state index contributed by atoms with van der Waals surface area (Å²) in [5.74, 6) is 1.80. The van der Waals surface area contributed by atoms with E-state index in [1.165, 1.54) is 5.56 Å². The van der Waals surface area contributed by atoms with Crippen molar-refractivity contribution in [2.45, 2.75) is 18.4 Å². The van der Waals surface area contributed by atoms with E-state index in [9.17, 15) is 0 Å². The third-order valence-electron chi connectivity index (χ3n) is 4.91. The van der Waals surface area contributed by atoms with Gasteiger partial charge >= 0.3 is 0 Å². The van der Waals surface area contributed by atoms with Gasteiger partial charge in [0, 0.05) is 17.0 Å². The van der Waals surface area contributed by atoms with Crippen LogP contribution in [0, 0.1) is 0 Å². The van der Waals surface area contributed by atoms with Crippen molar-refractivity contribution in [3.63, 3.8) is 0 Å². The summed E-state index contributed by atoms with van der Waals surface area (Å²) in [7, 11) is 1.64. The number of rotatable bonds is 5. The number of methoxy groups -OCH3 is 1. The van der Waals surface area contributed by atoms with E-state index in [0.29, 0.717) is 29.1 Å². The van der Waals surface area contributed by atoms with Gasteiger partial charge in [-0.3, -0.25) is 0 Å². The molecule has 28 heavy (non-hydrogen) atoms. The van der Waals surface area contributed by atoms with Crippen molar-refractivity contribution in [1.29, 1.82) is 0 Å². The maximum absolute atomic E-state index is 5.97. The van der Waals surface area contributed by atoms with Gasteiger partial charge in [-0.1, -0.05) is 28.9 Å². The molecule has 1 aliphatic carbocycles. The quantitative estimate of drug-likeness (QED) is 0.556. The molecule has 2 unspecified atom stereocenters. The number of nitrogens with one attached hydrogen (secondary N) is 1. The van der Waals surface area contributed by atoms with Crippen LogP contribution in [0.3, 0.4) is 0 Å². The second kappa shape index (κ2) is 6.76. The highest BCUT2D eigenvalue weighted by Crippen LogP contribution is 2.42. The fourth-order valence-electron chi connectivity index (χ4n) is 3.29. The number of hydrogen-bond acceptors (Lipinski definition) is 6. The first-order valence-electron chi connectivity index (χ1n) is 8.96. The predicted molar refractivity (Wildman–Crippen MR) is 107 cm³/mol. The number of fused-ring (bicyclic) bond motifs is 1. The van der Waals surface area contributed by atoms with Crippen LogP contribution in [-0.4, -0.2) is 38.1 Å². The summed E-state index contributed by atoms with van der Waals surface area (Å²) in [6, 6.07) is 15.9. The van der Waals surface area contributed by atoms with Crippen LogP contribution in [-0.2, 0) is 0 Å². The van der Waals surface area contributed by atoms with E-state index in [0.717, 1.165) is 22.9 Å². The molecule has 0 spiro atoms. The van der Waals surface area contributed by atoms with Crippen molar-refractivity contribution in [2.24, 2.45) is 0 Å². The van der Waals surface area contributed by atoms with Crippen molar-refractivity contribution in [3.05, 3.63) is 65.3 Å². The summed E-state index contributed by atoms with van der Waals surface area (Å²) in [5.41, 5.74) is 3.43. The summed E-state index contributed by atoms with van der Waals surface area (Å²) in [6.45, 7) is 0. The standard InChI is InChI=1S/C20H17ClN6O/c1-28-15-8-6-14(7-9-15)27-19-18(25-26-27)11-22-20(24-19)23-17-10-16(17)12-2-4-13(21)5-3-12/h2-9,11,16-17H,10H2,1H3,(H,22,23,24). The number of halogens is 1. The van der Waals surface area contributed by atoms with E-state index in [1.54, 1.807) is 18.0 Å². The Kier molecular flexibility index (Phi) is 4.09. The van der Waals surface area contributed by atoms with Crippen molar-refractivity contribution in [3.8, 4) is 11.4 Å². The number of ether oxygens (including phenoxy) is 1. The van der Waals surface area contributed by atoms with Crippen LogP contribution in [0.25, 0.3) is 16.9 Å². The minimum Gasteiger partial charge on any atom is -0.497 e. The zero-order chi connectivity index (χ0) is 19.1. The van der Waals surface area contributed by atoms with Gasteiger partial charge in [-0.25, -0.2) is 4.98 Å². The van der Waals surface area contributed by atoms with Gasteiger partial charge in [0.2, 0.25) is 5.95 Å². The molecule has 8 heteroatoms. The van der Waals surface area contributed by atoms with Gasteiger partial charge in [-0.05, 0) is 48.4 Å². The molecule has 2 atom stereocenters. The topological polar surface area (TPSA) is 77.8 Å². The highest BCUT2D eigenvalue weighted by atomic mass is 35.5. The van der Waals surface area contributed by atoms with Crippen molar-refractivity contribution < 1.29 is 4.74 Å². The lowest BCUT2D eigenvalue weighted by Crippen LogP contribution is -2.08. The molecule has 0 saturated heterocycles. The van der Waals surface area contributed by atoms with E-state index in [-0.39, 0.29) is 0 Å². The highest BCUT2D eigenvalue weighted by molar-refractivity contribution is 6.30. The van der Waals surface area contributed by atoms with Crippen LogP contribution in [0.4, 0.5) is 5.95 Å². The van der Waals surface area contributed by atoms with E-state index in [4.69, 9.17) is 16.3 Å². The second-order valence-corrected chi connectivity index (χ2v) is 7.18. The Hall–Kier alpha value is -3.19. The summed E-state index contributed by atoms with van der Waals surface area (Å²) < 4.78 is 6.91. The van der Waals surface area contributed by atoms with E-state index < -0.39 is 0 Å². The molecule has 0 radical (unpaired) electrons. The smallest absolute Gasteiger partial charge is 0.225 e. The summed E-state index contributed by atoms with van der Waals surface area (Å²) in [5, 5.41) is 12.5. The summed E-state index contributed by atoms with van der Waals surface area (Å²) in [6.07, 6.45) is 2.73. The third kappa shape index (κ3) is 3.14. The SMILES string of the molecule is COc1ccc(-n2nnc3cnc(NC4CC4c4ccc(Cl)cc4)nc32)cc1. The molecule has 2 aromatic carbocycles. The van der Waals surface area contributed by atoms with Gasteiger partial charge in [0.25, 0.3) is 0 Å². The van der Waals surface area contributed by atoms with Crippen LogP contribution in [0.15, 0.2) is 54.7 Å². The lowest BCUT2D eigenvalue weighted by molar-refractivity contribution is 0.414. The van der Waals surface area contributed by atoms with E-state index in [2.05, 4.69) is 37.7 Å². The van der Waals surface area contributed by atoms with Gasteiger partial charge in [0.05, 0.1) is 19.0 Å². The Balaban J connectivity index is 1.38. The molecular formula is C20H17ClN6O. The normalized spacial score (nSPS) is 18.2. The number of nitrogens with zero attached hydrogens (tertiary/aromatic N) is 5. The first-order valence-corrected chi connectivity index (χ1v) is 9.34. The fraction of sp³-hybridized carbons (Fsp3) is 0.200. The van der Waals surface area contributed by atoms with E-state index in [1.807, 2.05) is 36.4 Å². The van der Waals surface area contributed by atoms with Gasteiger partial charge < -0.3 is 10.1 Å². The molecule has 0 aliphatic heterocycles. The molecule has 5 rings (SSSR count).